The maximum atomic E-state index is 12.7. The van der Waals surface area contributed by atoms with Gasteiger partial charge in [-0.1, -0.05) is 30.3 Å². The van der Waals surface area contributed by atoms with Crippen LogP contribution >= 0.6 is 11.3 Å². The number of benzene rings is 2. The van der Waals surface area contributed by atoms with Crippen molar-refractivity contribution in [2.45, 2.75) is 6.61 Å². The van der Waals surface area contributed by atoms with E-state index in [2.05, 4.69) is 14.8 Å². The van der Waals surface area contributed by atoms with E-state index >= 15 is 0 Å². The molecule has 0 aliphatic rings. The molecule has 2 aromatic carbocycles. The van der Waals surface area contributed by atoms with Crippen molar-refractivity contribution in [1.82, 2.24) is 9.66 Å². The number of hydrogen-bond acceptors (Lipinski definition) is 5. The van der Waals surface area contributed by atoms with Crippen LogP contribution in [0.5, 0.6) is 5.75 Å². The molecule has 2 heterocycles. The Morgan fingerprint density at radius 3 is 2.57 bits per heavy atom. The average molecular weight is 397 g/mol. The summed E-state index contributed by atoms with van der Waals surface area (Å²) in [7, 11) is 0. The predicted molar refractivity (Wildman–Crippen MR) is 105 cm³/mol. The number of hydrogen-bond donors (Lipinski definition) is 0. The van der Waals surface area contributed by atoms with Crippen molar-refractivity contribution in [3.05, 3.63) is 82.9 Å². The molecule has 0 aliphatic carbocycles. The molecule has 28 heavy (non-hydrogen) atoms. The van der Waals surface area contributed by atoms with Crippen LogP contribution in [0, 0.1) is 0 Å². The molecule has 0 fully saturated rings. The van der Waals surface area contributed by atoms with Gasteiger partial charge in [0, 0.05) is 4.88 Å². The van der Waals surface area contributed by atoms with E-state index in [9.17, 15) is 13.6 Å². The molecule has 140 valence electrons. The lowest BCUT2D eigenvalue weighted by Gasteiger charge is -2.03. The number of rotatable bonds is 5. The highest BCUT2D eigenvalue weighted by Crippen LogP contribution is 2.30. The first-order valence-electron chi connectivity index (χ1n) is 8.26. The summed E-state index contributed by atoms with van der Waals surface area (Å²) in [6.07, 6.45) is 2.81. The fourth-order valence-electron chi connectivity index (χ4n) is 2.60. The molecule has 0 amide bonds. The molecule has 0 saturated heterocycles. The van der Waals surface area contributed by atoms with Gasteiger partial charge in [0.25, 0.3) is 5.56 Å². The second-order valence-corrected chi connectivity index (χ2v) is 6.81. The first-order chi connectivity index (χ1) is 13.6. The van der Waals surface area contributed by atoms with E-state index in [0.717, 1.165) is 15.1 Å². The number of thiophene rings is 1. The van der Waals surface area contributed by atoms with E-state index < -0.39 is 6.61 Å². The minimum absolute atomic E-state index is 0.0547. The average Bonchev–Trinajstić information content (AvgIpc) is 3.14. The Morgan fingerprint density at radius 1 is 1.11 bits per heavy atom. The molecular weight excluding hydrogens is 384 g/mol. The first kappa shape index (κ1) is 18.0. The first-order valence-corrected chi connectivity index (χ1v) is 9.08. The zero-order valence-electron chi connectivity index (χ0n) is 14.3. The lowest BCUT2D eigenvalue weighted by Crippen LogP contribution is -2.16. The number of ether oxygens (including phenoxy) is 1. The number of halogens is 2. The Bertz CT molecular complexity index is 1190. The molecule has 0 bridgehead atoms. The molecule has 0 spiro atoms. The van der Waals surface area contributed by atoms with Gasteiger partial charge >= 0.3 is 6.61 Å². The lowest BCUT2D eigenvalue weighted by molar-refractivity contribution is -0.0498. The van der Waals surface area contributed by atoms with Crippen LogP contribution in [-0.2, 0) is 0 Å². The molecule has 5 nitrogen and oxygen atoms in total. The summed E-state index contributed by atoms with van der Waals surface area (Å²) in [5.74, 6) is 0.0547. The van der Waals surface area contributed by atoms with Gasteiger partial charge in [0.05, 0.1) is 11.6 Å². The van der Waals surface area contributed by atoms with Gasteiger partial charge in [-0.05, 0) is 41.5 Å². The summed E-state index contributed by atoms with van der Waals surface area (Å²) in [5, 5.41) is 4.62. The van der Waals surface area contributed by atoms with Crippen LogP contribution in [0.4, 0.5) is 8.78 Å². The molecule has 0 saturated carbocycles. The summed E-state index contributed by atoms with van der Waals surface area (Å²) >= 11 is 1.44. The van der Waals surface area contributed by atoms with Crippen LogP contribution < -0.4 is 10.3 Å². The van der Waals surface area contributed by atoms with Gasteiger partial charge in [0.1, 0.15) is 16.9 Å². The van der Waals surface area contributed by atoms with E-state index in [4.69, 9.17) is 0 Å². The Kier molecular flexibility index (Phi) is 4.94. The molecule has 8 heteroatoms. The minimum atomic E-state index is -2.87. The Hall–Kier alpha value is -3.39. The SMILES string of the molecule is O=c1c2cc(-c3ccccc3)sc2ncn1/N=C\c1ccc(OC(F)F)cc1. The second kappa shape index (κ2) is 7.69. The van der Waals surface area contributed by atoms with Crippen molar-refractivity contribution in [2.24, 2.45) is 5.10 Å². The second-order valence-electron chi connectivity index (χ2n) is 5.78. The summed E-state index contributed by atoms with van der Waals surface area (Å²) in [5.41, 5.74) is 1.37. The van der Waals surface area contributed by atoms with Crippen molar-refractivity contribution in [3.8, 4) is 16.2 Å². The molecule has 0 radical (unpaired) electrons. The minimum Gasteiger partial charge on any atom is -0.435 e. The standard InChI is InChI=1S/C20H13F2N3O2S/c21-20(22)27-15-8-6-13(7-9-15)11-24-25-12-23-18-16(19(25)26)10-17(28-18)14-4-2-1-3-5-14/h1-12,20H/b24-11-. The quantitative estimate of drug-likeness (QED) is 0.462. The van der Waals surface area contributed by atoms with Gasteiger partial charge in [-0.25, -0.2) is 4.98 Å². The highest BCUT2D eigenvalue weighted by molar-refractivity contribution is 7.21. The molecule has 0 atom stereocenters. The molecule has 0 N–H and O–H groups in total. The largest absolute Gasteiger partial charge is 0.435 e. The summed E-state index contributed by atoms with van der Waals surface area (Å²) in [6.45, 7) is -2.87. The third-order valence-electron chi connectivity index (χ3n) is 3.93. The van der Waals surface area contributed by atoms with Crippen LogP contribution in [0.15, 0.2) is 76.9 Å². The summed E-state index contributed by atoms with van der Waals surface area (Å²) in [6, 6.07) is 17.5. The zero-order chi connectivity index (χ0) is 19.5. The third kappa shape index (κ3) is 3.81. The van der Waals surface area contributed by atoms with Crippen LogP contribution in [0.25, 0.3) is 20.7 Å². The molecule has 2 aromatic heterocycles. The molecule has 0 unspecified atom stereocenters. The summed E-state index contributed by atoms with van der Waals surface area (Å²) < 4.78 is 29.8. The number of aromatic nitrogens is 2. The molecule has 4 aromatic rings. The smallest absolute Gasteiger partial charge is 0.387 e. The third-order valence-corrected chi connectivity index (χ3v) is 5.02. The zero-order valence-corrected chi connectivity index (χ0v) is 15.1. The van der Waals surface area contributed by atoms with Crippen LogP contribution in [0.3, 0.4) is 0 Å². The van der Waals surface area contributed by atoms with Crippen molar-refractivity contribution >= 4 is 27.8 Å². The van der Waals surface area contributed by atoms with E-state index in [-0.39, 0.29) is 11.3 Å². The highest BCUT2D eigenvalue weighted by Gasteiger charge is 2.10. The fourth-order valence-corrected chi connectivity index (χ4v) is 3.60. The Balaban J connectivity index is 1.61. The van der Waals surface area contributed by atoms with Crippen LogP contribution in [-0.4, -0.2) is 22.5 Å². The van der Waals surface area contributed by atoms with Crippen molar-refractivity contribution in [2.75, 3.05) is 0 Å². The Labute approximate surface area is 162 Å². The van der Waals surface area contributed by atoms with E-state index in [1.807, 2.05) is 36.4 Å². The van der Waals surface area contributed by atoms with E-state index in [1.54, 1.807) is 12.1 Å². The highest BCUT2D eigenvalue weighted by atomic mass is 32.1. The Morgan fingerprint density at radius 2 is 1.86 bits per heavy atom. The number of nitrogens with zero attached hydrogens (tertiary/aromatic N) is 3. The van der Waals surface area contributed by atoms with Gasteiger partial charge in [-0.3, -0.25) is 4.79 Å². The van der Waals surface area contributed by atoms with Gasteiger partial charge in [-0.15, -0.1) is 11.3 Å². The maximum Gasteiger partial charge on any atom is 0.387 e. The van der Waals surface area contributed by atoms with Gasteiger partial charge in [0.2, 0.25) is 0 Å². The lowest BCUT2D eigenvalue weighted by atomic mass is 10.2. The van der Waals surface area contributed by atoms with Gasteiger partial charge < -0.3 is 4.74 Å². The van der Waals surface area contributed by atoms with Crippen molar-refractivity contribution in [1.29, 1.82) is 0 Å². The van der Waals surface area contributed by atoms with Crippen molar-refractivity contribution in [3.63, 3.8) is 0 Å². The monoisotopic (exact) mass is 397 g/mol. The molecule has 4 rings (SSSR count). The van der Waals surface area contributed by atoms with Gasteiger partial charge in [-0.2, -0.15) is 18.6 Å². The van der Waals surface area contributed by atoms with E-state index in [0.29, 0.717) is 15.8 Å². The molecular formula is C20H13F2N3O2S. The molecule has 0 aliphatic heterocycles. The van der Waals surface area contributed by atoms with Crippen LogP contribution in [0.2, 0.25) is 0 Å². The summed E-state index contributed by atoms with van der Waals surface area (Å²) in [4.78, 5) is 18.6. The van der Waals surface area contributed by atoms with E-state index in [1.165, 1.54) is 36.0 Å². The number of alkyl halides is 2. The van der Waals surface area contributed by atoms with Crippen molar-refractivity contribution < 1.29 is 13.5 Å². The maximum absolute atomic E-state index is 12.7. The van der Waals surface area contributed by atoms with Gasteiger partial charge in [0.15, 0.2) is 0 Å². The predicted octanol–water partition coefficient (Wildman–Crippen LogP) is 4.61. The van der Waals surface area contributed by atoms with Crippen LogP contribution in [0.1, 0.15) is 5.56 Å². The number of fused-ring (bicyclic) bond motifs is 1. The topological polar surface area (TPSA) is 56.5 Å². The normalized spacial score (nSPS) is 11.5. The fraction of sp³-hybridized carbons (Fsp3) is 0.0500.